The van der Waals surface area contributed by atoms with Crippen molar-refractivity contribution in [2.75, 3.05) is 18.1 Å². The van der Waals surface area contributed by atoms with Crippen LogP contribution >= 0.6 is 0 Å². The van der Waals surface area contributed by atoms with E-state index in [9.17, 15) is 4.79 Å². The summed E-state index contributed by atoms with van der Waals surface area (Å²) in [6, 6.07) is 5.84. The average molecular weight is 275 g/mol. The number of carbonyl (C=O) groups is 1. The van der Waals surface area contributed by atoms with Gasteiger partial charge in [-0.2, -0.15) is 0 Å². The Balaban J connectivity index is 2.07. The van der Waals surface area contributed by atoms with E-state index in [0.717, 1.165) is 18.5 Å². The predicted octanol–water partition coefficient (Wildman–Crippen LogP) is 3.01. The molecule has 1 amide bonds. The van der Waals surface area contributed by atoms with Crippen molar-refractivity contribution >= 4 is 17.3 Å². The van der Waals surface area contributed by atoms with Crippen molar-refractivity contribution < 1.29 is 4.79 Å². The molecule has 1 fully saturated rings. The van der Waals surface area contributed by atoms with Gasteiger partial charge in [-0.15, -0.1) is 0 Å². The van der Waals surface area contributed by atoms with Crippen molar-refractivity contribution in [3.63, 3.8) is 0 Å². The molecule has 1 aromatic rings. The first-order chi connectivity index (χ1) is 9.41. The van der Waals surface area contributed by atoms with Crippen molar-refractivity contribution in [3.05, 3.63) is 23.8 Å². The molecule has 4 heteroatoms. The van der Waals surface area contributed by atoms with Crippen LogP contribution in [0.25, 0.3) is 0 Å². The normalized spacial score (nSPS) is 18.6. The highest BCUT2D eigenvalue weighted by Gasteiger charge is 2.26. The Kier molecular flexibility index (Phi) is 4.21. The third-order valence-electron chi connectivity index (χ3n) is 4.24. The van der Waals surface area contributed by atoms with E-state index in [1.165, 1.54) is 12.8 Å². The molecule has 0 bridgehead atoms. The van der Waals surface area contributed by atoms with Crippen LogP contribution in [0.1, 0.15) is 49.9 Å². The Hall–Kier alpha value is -1.71. The van der Waals surface area contributed by atoms with E-state index in [1.54, 1.807) is 19.2 Å². The highest BCUT2D eigenvalue weighted by Crippen LogP contribution is 2.36. The van der Waals surface area contributed by atoms with Gasteiger partial charge in [-0.3, -0.25) is 4.79 Å². The number of hydrogen-bond donors (Lipinski definition) is 3. The lowest BCUT2D eigenvalue weighted by Gasteiger charge is -2.35. The molecule has 0 unspecified atom stereocenters. The molecule has 0 spiro atoms. The second-order valence-corrected chi connectivity index (χ2v) is 6.46. The average Bonchev–Trinajstić information content (AvgIpc) is 2.42. The Morgan fingerprint density at radius 1 is 1.30 bits per heavy atom. The Labute approximate surface area is 121 Å². The van der Waals surface area contributed by atoms with Crippen LogP contribution in [0, 0.1) is 5.41 Å². The van der Waals surface area contributed by atoms with Gasteiger partial charge in [0.15, 0.2) is 0 Å². The van der Waals surface area contributed by atoms with Gasteiger partial charge in [0.2, 0.25) is 0 Å². The van der Waals surface area contributed by atoms with Gasteiger partial charge in [-0.1, -0.05) is 13.8 Å². The minimum Gasteiger partial charge on any atom is -0.397 e. The molecule has 0 heterocycles. The zero-order valence-corrected chi connectivity index (χ0v) is 12.6. The van der Waals surface area contributed by atoms with Crippen molar-refractivity contribution in [2.45, 2.75) is 45.6 Å². The topological polar surface area (TPSA) is 67.2 Å². The summed E-state index contributed by atoms with van der Waals surface area (Å²) in [7, 11) is 1.63. The number of carbonyl (C=O) groups excluding carboxylic acids is 1. The second-order valence-electron chi connectivity index (χ2n) is 6.46. The summed E-state index contributed by atoms with van der Waals surface area (Å²) in [5, 5.41) is 6.14. The molecular weight excluding hydrogens is 250 g/mol. The lowest BCUT2D eigenvalue weighted by Crippen LogP contribution is -2.30. The quantitative estimate of drug-likeness (QED) is 0.743. The molecule has 0 radical (unpaired) electrons. The molecule has 1 saturated carbocycles. The minimum absolute atomic E-state index is 0.0853. The number of benzene rings is 1. The molecule has 0 saturated heterocycles. The number of nitrogens with one attached hydrogen (secondary N) is 2. The molecule has 4 nitrogen and oxygen atoms in total. The van der Waals surface area contributed by atoms with Gasteiger partial charge in [0, 0.05) is 18.7 Å². The van der Waals surface area contributed by atoms with E-state index in [-0.39, 0.29) is 5.91 Å². The first-order valence-corrected chi connectivity index (χ1v) is 7.29. The van der Waals surface area contributed by atoms with Gasteiger partial charge in [0.1, 0.15) is 0 Å². The fraction of sp³-hybridized carbons (Fsp3) is 0.562. The summed E-state index contributed by atoms with van der Waals surface area (Å²) in [6.45, 7) is 4.65. The standard InChI is InChI=1S/C16H25N3O/c1-16(2)8-6-12(7-9-16)19-14-10-11(15(20)18-3)4-5-13(14)17/h4-5,10,12,19H,6-9,17H2,1-3H3,(H,18,20). The molecule has 0 aromatic heterocycles. The number of anilines is 2. The minimum atomic E-state index is -0.0853. The highest BCUT2D eigenvalue weighted by atomic mass is 16.1. The summed E-state index contributed by atoms with van der Waals surface area (Å²) in [4.78, 5) is 11.7. The van der Waals surface area contributed by atoms with E-state index in [2.05, 4.69) is 24.5 Å². The highest BCUT2D eigenvalue weighted by molar-refractivity contribution is 5.96. The molecule has 1 aliphatic carbocycles. The summed E-state index contributed by atoms with van der Waals surface area (Å²) < 4.78 is 0. The molecule has 2 rings (SSSR count). The molecule has 20 heavy (non-hydrogen) atoms. The van der Waals surface area contributed by atoms with E-state index in [0.29, 0.717) is 22.7 Å². The Morgan fingerprint density at radius 2 is 1.95 bits per heavy atom. The summed E-state index contributed by atoms with van der Waals surface area (Å²) >= 11 is 0. The van der Waals surface area contributed by atoms with Gasteiger partial charge in [-0.05, 0) is 49.3 Å². The van der Waals surface area contributed by atoms with Crippen LogP contribution in [0.15, 0.2) is 18.2 Å². The second kappa shape index (κ2) is 5.73. The summed E-state index contributed by atoms with van der Waals surface area (Å²) in [5.74, 6) is -0.0853. The van der Waals surface area contributed by atoms with Gasteiger partial charge in [0.25, 0.3) is 5.91 Å². The first kappa shape index (κ1) is 14.7. The van der Waals surface area contributed by atoms with Crippen LogP contribution in [0.5, 0.6) is 0 Å². The summed E-state index contributed by atoms with van der Waals surface area (Å²) in [5.41, 5.74) is 8.67. The lowest BCUT2D eigenvalue weighted by atomic mass is 9.75. The van der Waals surface area contributed by atoms with Crippen LogP contribution < -0.4 is 16.4 Å². The molecule has 0 aliphatic heterocycles. The maximum absolute atomic E-state index is 11.7. The van der Waals surface area contributed by atoms with Crippen LogP contribution in [-0.4, -0.2) is 19.0 Å². The molecule has 1 aliphatic rings. The Morgan fingerprint density at radius 3 is 2.55 bits per heavy atom. The van der Waals surface area contributed by atoms with Crippen molar-refractivity contribution in [3.8, 4) is 0 Å². The molecular formula is C16H25N3O. The monoisotopic (exact) mass is 275 g/mol. The fourth-order valence-corrected chi connectivity index (χ4v) is 2.73. The van der Waals surface area contributed by atoms with Crippen LogP contribution in [-0.2, 0) is 0 Å². The molecule has 0 atom stereocenters. The van der Waals surface area contributed by atoms with E-state index in [1.807, 2.05) is 6.07 Å². The zero-order valence-electron chi connectivity index (χ0n) is 12.6. The summed E-state index contributed by atoms with van der Waals surface area (Å²) in [6.07, 6.45) is 4.74. The van der Waals surface area contributed by atoms with Gasteiger partial charge in [0.05, 0.1) is 11.4 Å². The predicted molar refractivity (Wildman–Crippen MR) is 83.9 cm³/mol. The Bertz CT molecular complexity index is 486. The van der Waals surface area contributed by atoms with Gasteiger partial charge < -0.3 is 16.4 Å². The van der Waals surface area contributed by atoms with E-state index >= 15 is 0 Å². The number of rotatable bonds is 3. The van der Waals surface area contributed by atoms with Crippen molar-refractivity contribution in [2.24, 2.45) is 5.41 Å². The fourth-order valence-electron chi connectivity index (χ4n) is 2.73. The number of amides is 1. The van der Waals surface area contributed by atoms with Crippen LogP contribution in [0.2, 0.25) is 0 Å². The molecule has 110 valence electrons. The van der Waals surface area contributed by atoms with Crippen molar-refractivity contribution in [1.29, 1.82) is 0 Å². The van der Waals surface area contributed by atoms with E-state index < -0.39 is 0 Å². The number of nitrogens with two attached hydrogens (primary N) is 1. The number of hydrogen-bond acceptors (Lipinski definition) is 3. The smallest absolute Gasteiger partial charge is 0.251 e. The van der Waals surface area contributed by atoms with Crippen LogP contribution in [0.4, 0.5) is 11.4 Å². The van der Waals surface area contributed by atoms with Gasteiger partial charge in [-0.25, -0.2) is 0 Å². The first-order valence-electron chi connectivity index (χ1n) is 7.29. The molecule has 1 aromatic carbocycles. The maximum atomic E-state index is 11.7. The van der Waals surface area contributed by atoms with E-state index in [4.69, 9.17) is 5.73 Å². The molecule has 4 N–H and O–H groups in total. The van der Waals surface area contributed by atoms with Crippen LogP contribution in [0.3, 0.4) is 0 Å². The third kappa shape index (κ3) is 3.44. The largest absolute Gasteiger partial charge is 0.397 e. The number of nitrogen functional groups attached to an aromatic ring is 1. The zero-order chi connectivity index (χ0) is 14.8. The maximum Gasteiger partial charge on any atom is 0.251 e. The SMILES string of the molecule is CNC(=O)c1ccc(N)c(NC2CCC(C)(C)CC2)c1. The third-order valence-corrected chi connectivity index (χ3v) is 4.24. The lowest BCUT2D eigenvalue weighted by molar-refractivity contribution is 0.0963. The van der Waals surface area contributed by atoms with Gasteiger partial charge >= 0.3 is 0 Å². The van der Waals surface area contributed by atoms with Crippen molar-refractivity contribution in [1.82, 2.24) is 5.32 Å².